The number of halogens is 1. The van der Waals surface area contributed by atoms with Crippen molar-refractivity contribution >= 4 is 26.8 Å². The standard InChI is InChI=1S/C13H10BrN3O/c1-17-7-10(11-4-5-15-13(18)16-11)9-3-2-8(14)6-12(9)17/h2-7H,1H3,(H,15,16,18). The van der Waals surface area contributed by atoms with E-state index in [9.17, 15) is 4.79 Å². The largest absolute Gasteiger partial charge is 0.350 e. The summed E-state index contributed by atoms with van der Waals surface area (Å²) in [5.41, 5.74) is 2.42. The van der Waals surface area contributed by atoms with Crippen molar-refractivity contribution in [3.05, 3.63) is 51.6 Å². The molecule has 0 unspecified atom stereocenters. The molecule has 0 radical (unpaired) electrons. The highest BCUT2D eigenvalue weighted by molar-refractivity contribution is 9.10. The van der Waals surface area contributed by atoms with Gasteiger partial charge in [-0.15, -0.1) is 0 Å². The number of benzene rings is 1. The molecule has 2 heterocycles. The second-order valence-corrected chi connectivity index (χ2v) is 5.01. The van der Waals surface area contributed by atoms with Crippen molar-refractivity contribution in [2.45, 2.75) is 0 Å². The monoisotopic (exact) mass is 303 g/mol. The third-order valence-electron chi connectivity index (χ3n) is 2.90. The molecule has 18 heavy (non-hydrogen) atoms. The number of aromatic amines is 1. The summed E-state index contributed by atoms with van der Waals surface area (Å²) in [4.78, 5) is 17.8. The van der Waals surface area contributed by atoms with E-state index in [4.69, 9.17) is 0 Å². The maximum absolute atomic E-state index is 11.3. The quantitative estimate of drug-likeness (QED) is 0.751. The molecule has 0 bridgehead atoms. The van der Waals surface area contributed by atoms with Gasteiger partial charge in [-0.25, -0.2) is 4.79 Å². The number of fused-ring (bicyclic) bond motifs is 1. The maximum Gasteiger partial charge on any atom is 0.345 e. The van der Waals surface area contributed by atoms with Crippen LogP contribution in [-0.2, 0) is 7.05 Å². The second-order valence-electron chi connectivity index (χ2n) is 4.10. The minimum atomic E-state index is -0.332. The van der Waals surface area contributed by atoms with Crippen LogP contribution in [0.2, 0.25) is 0 Å². The highest BCUT2D eigenvalue weighted by Gasteiger charge is 2.10. The van der Waals surface area contributed by atoms with Crippen molar-refractivity contribution in [1.82, 2.24) is 14.5 Å². The van der Waals surface area contributed by atoms with Crippen molar-refractivity contribution in [3.8, 4) is 11.3 Å². The fourth-order valence-electron chi connectivity index (χ4n) is 2.08. The van der Waals surface area contributed by atoms with Gasteiger partial charge < -0.3 is 9.55 Å². The average Bonchev–Trinajstić information content (AvgIpc) is 2.67. The van der Waals surface area contributed by atoms with Crippen molar-refractivity contribution in [1.29, 1.82) is 0 Å². The molecule has 5 heteroatoms. The van der Waals surface area contributed by atoms with E-state index in [1.807, 2.05) is 36.0 Å². The van der Waals surface area contributed by atoms with Crippen LogP contribution in [0.1, 0.15) is 0 Å². The zero-order valence-corrected chi connectivity index (χ0v) is 11.2. The lowest BCUT2D eigenvalue weighted by molar-refractivity contribution is 0.968. The number of H-pyrrole nitrogens is 1. The van der Waals surface area contributed by atoms with Crippen LogP contribution in [0.15, 0.2) is 45.9 Å². The molecule has 1 aromatic carbocycles. The van der Waals surface area contributed by atoms with Crippen molar-refractivity contribution in [2.24, 2.45) is 7.05 Å². The molecular weight excluding hydrogens is 294 g/mol. The minimum Gasteiger partial charge on any atom is -0.350 e. The van der Waals surface area contributed by atoms with E-state index < -0.39 is 0 Å². The van der Waals surface area contributed by atoms with E-state index in [0.29, 0.717) is 5.69 Å². The SMILES string of the molecule is Cn1cc(-c2cc[nH]c(=O)n2)c2ccc(Br)cc21. The molecule has 0 aliphatic carbocycles. The third kappa shape index (κ3) is 1.76. The summed E-state index contributed by atoms with van der Waals surface area (Å²) in [6, 6.07) is 7.86. The van der Waals surface area contributed by atoms with Crippen LogP contribution < -0.4 is 5.69 Å². The van der Waals surface area contributed by atoms with Gasteiger partial charge in [-0.2, -0.15) is 4.98 Å². The Hall–Kier alpha value is -1.88. The van der Waals surface area contributed by atoms with E-state index in [2.05, 4.69) is 25.9 Å². The molecule has 90 valence electrons. The summed E-state index contributed by atoms with van der Waals surface area (Å²) >= 11 is 3.46. The van der Waals surface area contributed by atoms with E-state index in [1.165, 1.54) is 0 Å². The number of hydrogen-bond acceptors (Lipinski definition) is 2. The van der Waals surface area contributed by atoms with Gasteiger partial charge in [0.25, 0.3) is 0 Å². The highest BCUT2D eigenvalue weighted by Crippen LogP contribution is 2.30. The number of nitrogens with one attached hydrogen (secondary N) is 1. The molecule has 0 fully saturated rings. The van der Waals surface area contributed by atoms with Crippen LogP contribution in [0.25, 0.3) is 22.2 Å². The zero-order valence-electron chi connectivity index (χ0n) is 9.64. The fourth-order valence-corrected chi connectivity index (χ4v) is 2.43. The Morgan fingerprint density at radius 1 is 1.33 bits per heavy atom. The van der Waals surface area contributed by atoms with Gasteiger partial charge in [0, 0.05) is 40.4 Å². The number of hydrogen-bond donors (Lipinski definition) is 1. The van der Waals surface area contributed by atoms with E-state index in [1.54, 1.807) is 12.3 Å². The predicted octanol–water partition coefficient (Wildman–Crippen LogP) is 2.69. The van der Waals surface area contributed by atoms with Crippen molar-refractivity contribution < 1.29 is 0 Å². The average molecular weight is 304 g/mol. The predicted molar refractivity (Wildman–Crippen MR) is 74.5 cm³/mol. The number of rotatable bonds is 1. The highest BCUT2D eigenvalue weighted by atomic mass is 79.9. The first kappa shape index (κ1) is 11.2. The molecule has 3 rings (SSSR count). The van der Waals surface area contributed by atoms with Crippen LogP contribution >= 0.6 is 15.9 Å². The van der Waals surface area contributed by atoms with Gasteiger partial charge in [-0.05, 0) is 18.2 Å². The van der Waals surface area contributed by atoms with Gasteiger partial charge in [0.1, 0.15) is 0 Å². The molecule has 0 atom stereocenters. The van der Waals surface area contributed by atoms with Gasteiger partial charge >= 0.3 is 5.69 Å². The maximum atomic E-state index is 11.3. The lowest BCUT2D eigenvalue weighted by atomic mass is 10.1. The number of aromatic nitrogens is 3. The molecule has 0 saturated heterocycles. The molecule has 4 nitrogen and oxygen atoms in total. The van der Waals surface area contributed by atoms with Crippen LogP contribution in [0.3, 0.4) is 0 Å². The molecule has 0 aliphatic heterocycles. The van der Waals surface area contributed by atoms with E-state index >= 15 is 0 Å². The summed E-state index contributed by atoms with van der Waals surface area (Å²) in [6.07, 6.45) is 3.60. The Kier molecular flexibility index (Phi) is 2.56. The van der Waals surface area contributed by atoms with Crippen molar-refractivity contribution in [3.63, 3.8) is 0 Å². The zero-order chi connectivity index (χ0) is 12.7. The molecule has 3 aromatic rings. The Morgan fingerprint density at radius 3 is 2.94 bits per heavy atom. The summed E-state index contributed by atoms with van der Waals surface area (Å²) < 4.78 is 3.06. The number of nitrogens with zero attached hydrogens (tertiary/aromatic N) is 2. The summed E-state index contributed by atoms with van der Waals surface area (Å²) in [5, 5.41) is 1.08. The molecular formula is C13H10BrN3O. The van der Waals surface area contributed by atoms with Crippen LogP contribution in [0.5, 0.6) is 0 Å². The molecule has 0 spiro atoms. The Labute approximate surface area is 111 Å². The Morgan fingerprint density at radius 2 is 2.17 bits per heavy atom. The first-order chi connectivity index (χ1) is 8.65. The van der Waals surface area contributed by atoms with E-state index in [-0.39, 0.29) is 5.69 Å². The third-order valence-corrected chi connectivity index (χ3v) is 3.39. The second kappa shape index (κ2) is 4.10. The topological polar surface area (TPSA) is 50.7 Å². The van der Waals surface area contributed by atoms with Crippen LogP contribution in [0.4, 0.5) is 0 Å². The van der Waals surface area contributed by atoms with Gasteiger partial charge in [0.05, 0.1) is 5.69 Å². The summed E-state index contributed by atoms with van der Waals surface area (Å²) in [5.74, 6) is 0. The van der Waals surface area contributed by atoms with E-state index in [0.717, 1.165) is 20.9 Å². The van der Waals surface area contributed by atoms with Crippen molar-refractivity contribution in [2.75, 3.05) is 0 Å². The lowest BCUT2D eigenvalue weighted by Crippen LogP contribution is -2.09. The molecule has 1 N–H and O–H groups in total. The minimum absolute atomic E-state index is 0.332. The molecule has 0 aliphatic rings. The summed E-state index contributed by atoms with van der Waals surface area (Å²) in [7, 11) is 1.98. The van der Waals surface area contributed by atoms with Crippen LogP contribution in [-0.4, -0.2) is 14.5 Å². The Bertz CT molecular complexity index is 788. The fraction of sp³-hybridized carbons (Fsp3) is 0.0769. The number of aryl methyl sites for hydroxylation is 1. The molecule has 0 amide bonds. The normalized spacial score (nSPS) is 11.0. The first-order valence-electron chi connectivity index (χ1n) is 5.46. The van der Waals surface area contributed by atoms with Crippen LogP contribution in [0, 0.1) is 0 Å². The summed E-state index contributed by atoms with van der Waals surface area (Å²) in [6.45, 7) is 0. The van der Waals surface area contributed by atoms with Gasteiger partial charge in [0.15, 0.2) is 0 Å². The smallest absolute Gasteiger partial charge is 0.345 e. The Balaban J connectivity index is 2.33. The molecule has 0 saturated carbocycles. The van der Waals surface area contributed by atoms with Gasteiger partial charge in [-0.3, -0.25) is 0 Å². The molecule has 2 aromatic heterocycles. The van der Waals surface area contributed by atoms with Gasteiger partial charge in [-0.1, -0.05) is 22.0 Å². The lowest BCUT2D eigenvalue weighted by Gasteiger charge is -1.98. The first-order valence-corrected chi connectivity index (χ1v) is 6.25. The van der Waals surface area contributed by atoms with Gasteiger partial charge in [0.2, 0.25) is 0 Å².